The molecule has 1 heterocycles. The molecule has 0 aromatic rings. The van der Waals surface area contributed by atoms with Gasteiger partial charge in [-0.1, -0.05) is 0 Å². The van der Waals surface area contributed by atoms with E-state index in [1.807, 2.05) is 0 Å². The van der Waals surface area contributed by atoms with Crippen LogP contribution in [0.2, 0.25) is 0 Å². The maximum absolute atomic E-state index is 11.4. The molecule has 6 heteroatoms. The number of carbonyl (C=O) groups is 2. The van der Waals surface area contributed by atoms with Crippen molar-refractivity contribution in [1.29, 1.82) is 0 Å². The fourth-order valence-corrected chi connectivity index (χ4v) is 1.37. The predicted molar refractivity (Wildman–Crippen MR) is 56.7 cm³/mol. The molecule has 0 aliphatic carbocycles. The summed E-state index contributed by atoms with van der Waals surface area (Å²) >= 11 is 0. The number of cyclic esters (lactones) is 1. The molecule has 1 saturated heterocycles. The van der Waals surface area contributed by atoms with Gasteiger partial charge >= 0.3 is 12.1 Å². The van der Waals surface area contributed by atoms with Crippen LogP contribution in [0.25, 0.3) is 0 Å². The molecule has 16 heavy (non-hydrogen) atoms. The molecule has 1 aliphatic rings. The van der Waals surface area contributed by atoms with E-state index < -0.39 is 23.7 Å². The van der Waals surface area contributed by atoms with Crippen molar-refractivity contribution in [3.63, 3.8) is 0 Å². The van der Waals surface area contributed by atoms with E-state index in [2.05, 4.69) is 5.32 Å². The Bertz CT molecular complexity index is 285. The van der Waals surface area contributed by atoms with E-state index in [-0.39, 0.29) is 12.6 Å². The molecule has 0 aromatic carbocycles. The molecule has 0 spiro atoms. The highest BCUT2D eigenvalue weighted by atomic mass is 16.6. The topological polar surface area (TPSA) is 90.7 Å². The number of carbonyl (C=O) groups excluding carboxylic acids is 2. The Hall–Kier alpha value is -1.30. The van der Waals surface area contributed by atoms with E-state index >= 15 is 0 Å². The first-order chi connectivity index (χ1) is 7.31. The zero-order valence-electron chi connectivity index (χ0n) is 9.78. The van der Waals surface area contributed by atoms with Crippen molar-refractivity contribution in [3.8, 4) is 0 Å². The summed E-state index contributed by atoms with van der Waals surface area (Å²) < 4.78 is 9.95. The van der Waals surface area contributed by atoms with Crippen LogP contribution in [-0.4, -0.2) is 36.4 Å². The third-order valence-electron chi connectivity index (χ3n) is 2.02. The lowest BCUT2D eigenvalue weighted by atomic mass is 10.2. The van der Waals surface area contributed by atoms with E-state index in [4.69, 9.17) is 15.2 Å². The standard InChI is InChI=1S/C10H18N2O4/c1-10(2,3)16-9(14)12-7-4-6(5-11)15-8(7)13/h6-7H,4-5,11H2,1-3H3,(H,12,14)/t6-,7-/m1/s1. The normalized spacial score (nSPS) is 25.1. The summed E-state index contributed by atoms with van der Waals surface area (Å²) in [5, 5.41) is 2.46. The number of alkyl carbamates (subject to hydrolysis) is 1. The van der Waals surface area contributed by atoms with Crippen LogP contribution in [0.15, 0.2) is 0 Å². The van der Waals surface area contributed by atoms with E-state index in [0.29, 0.717) is 6.42 Å². The van der Waals surface area contributed by atoms with Gasteiger partial charge < -0.3 is 20.5 Å². The van der Waals surface area contributed by atoms with Gasteiger partial charge in [-0.05, 0) is 20.8 Å². The first kappa shape index (κ1) is 12.8. The second kappa shape index (κ2) is 4.69. The summed E-state index contributed by atoms with van der Waals surface area (Å²) in [4.78, 5) is 22.7. The van der Waals surface area contributed by atoms with Crippen molar-refractivity contribution in [3.05, 3.63) is 0 Å². The van der Waals surface area contributed by atoms with Crippen LogP contribution >= 0.6 is 0 Å². The molecular weight excluding hydrogens is 212 g/mol. The average Bonchev–Trinajstić information content (AvgIpc) is 2.44. The number of nitrogens with one attached hydrogen (secondary N) is 1. The van der Waals surface area contributed by atoms with Gasteiger partial charge in [0.05, 0.1) is 0 Å². The Morgan fingerprint density at radius 2 is 2.25 bits per heavy atom. The van der Waals surface area contributed by atoms with Gasteiger partial charge in [0, 0.05) is 13.0 Å². The van der Waals surface area contributed by atoms with Crippen LogP contribution in [0.3, 0.4) is 0 Å². The average molecular weight is 230 g/mol. The van der Waals surface area contributed by atoms with Gasteiger partial charge in [0.15, 0.2) is 0 Å². The van der Waals surface area contributed by atoms with Gasteiger partial charge in [-0.2, -0.15) is 0 Å². The van der Waals surface area contributed by atoms with Gasteiger partial charge in [0.25, 0.3) is 0 Å². The monoisotopic (exact) mass is 230 g/mol. The zero-order chi connectivity index (χ0) is 12.3. The van der Waals surface area contributed by atoms with E-state index in [0.717, 1.165) is 0 Å². The number of hydrogen-bond acceptors (Lipinski definition) is 5. The highest BCUT2D eigenvalue weighted by Gasteiger charge is 2.35. The number of esters is 1. The molecule has 2 atom stereocenters. The lowest BCUT2D eigenvalue weighted by Crippen LogP contribution is -2.41. The molecule has 92 valence electrons. The van der Waals surface area contributed by atoms with Crippen molar-refractivity contribution in [2.75, 3.05) is 6.54 Å². The molecule has 3 N–H and O–H groups in total. The Morgan fingerprint density at radius 1 is 1.62 bits per heavy atom. The lowest BCUT2D eigenvalue weighted by Gasteiger charge is -2.20. The molecule has 6 nitrogen and oxygen atoms in total. The van der Waals surface area contributed by atoms with E-state index in [1.54, 1.807) is 20.8 Å². The van der Waals surface area contributed by atoms with Crippen LogP contribution < -0.4 is 11.1 Å². The molecule has 0 aromatic heterocycles. The fourth-order valence-electron chi connectivity index (χ4n) is 1.37. The van der Waals surface area contributed by atoms with Crippen molar-refractivity contribution in [1.82, 2.24) is 5.32 Å². The second-order valence-corrected chi connectivity index (χ2v) is 4.73. The van der Waals surface area contributed by atoms with Gasteiger partial charge in [-0.15, -0.1) is 0 Å². The first-order valence-corrected chi connectivity index (χ1v) is 5.22. The first-order valence-electron chi connectivity index (χ1n) is 5.22. The van der Waals surface area contributed by atoms with Crippen LogP contribution in [0, 0.1) is 0 Å². The number of amides is 1. The van der Waals surface area contributed by atoms with Crippen molar-refractivity contribution < 1.29 is 19.1 Å². The summed E-state index contributed by atoms with van der Waals surface area (Å²) in [7, 11) is 0. The van der Waals surface area contributed by atoms with Crippen molar-refractivity contribution >= 4 is 12.1 Å². The largest absolute Gasteiger partial charge is 0.459 e. The molecule has 0 bridgehead atoms. The van der Waals surface area contributed by atoms with Crippen LogP contribution in [0.1, 0.15) is 27.2 Å². The second-order valence-electron chi connectivity index (χ2n) is 4.73. The number of ether oxygens (including phenoxy) is 2. The molecule has 0 saturated carbocycles. The highest BCUT2D eigenvalue weighted by Crippen LogP contribution is 2.15. The Morgan fingerprint density at radius 3 is 2.69 bits per heavy atom. The third kappa shape index (κ3) is 3.69. The minimum Gasteiger partial charge on any atom is -0.459 e. The van der Waals surface area contributed by atoms with E-state index in [1.165, 1.54) is 0 Å². The molecule has 1 amide bonds. The smallest absolute Gasteiger partial charge is 0.408 e. The molecule has 0 unspecified atom stereocenters. The van der Waals surface area contributed by atoms with Gasteiger partial charge in [0.2, 0.25) is 0 Å². The third-order valence-corrected chi connectivity index (χ3v) is 2.02. The molecule has 1 fully saturated rings. The van der Waals surface area contributed by atoms with Gasteiger partial charge in [-0.25, -0.2) is 9.59 Å². The molecule has 1 aliphatic heterocycles. The minimum atomic E-state index is -0.650. The summed E-state index contributed by atoms with van der Waals surface area (Å²) in [5.41, 5.74) is 4.79. The number of nitrogens with two attached hydrogens (primary N) is 1. The quantitative estimate of drug-likeness (QED) is 0.659. The van der Waals surface area contributed by atoms with Gasteiger partial charge in [0.1, 0.15) is 17.7 Å². The summed E-state index contributed by atoms with van der Waals surface area (Å²) in [6.07, 6.45) is -0.534. The van der Waals surface area contributed by atoms with Gasteiger partial charge in [-0.3, -0.25) is 0 Å². The zero-order valence-corrected chi connectivity index (χ0v) is 9.78. The number of hydrogen-bond donors (Lipinski definition) is 2. The maximum Gasteiger partial charge on any atom is 0.408 e. The van der Waals surface area contributed by atoms with Crippen LogP contribution in [0.5, 0.6) is 0 Å². The molecule has 0 radical (unpaired) electrons. The molecule has 1 rings (SSSR count). The minimum absolute atomic E-state index is 0.262. The number of rotatable bonds is 2. The SMILES string of the molecule is CC(C)(C)OC(=O)N[C@@H]1C[C@H](CN)OC1=O. The highest BCUT2D eigenvalue weighted by molar-refractivity contribution is 5.83. The Balaban J connectivity index is 2.43. The Labute approximate surface area is 94.5 Å². The summed E-state index contributed by atoms with van der Waals surface area (Å²) in [6.45, 7) is 5.52. The van der Waals surface area contributed by atoms with E-state index in [9.17, 15) is 9.59 Å². The van der Waals surface area contributed by atoms with Crippen molar-refractivity contribution in [2.24, 2.45) is 5.73 Å². The Kier molecular flexibility index (Phi) is 3.74. The lowest BCUT2D eigenvalue weighted by molar-refractivity contribution is -0.142. The maximum atomic E-state index is 11.4. The summed E-state index contributed by atoms with van der Waals surface area (Å²) in [6, 6.07) is -0.650. The fraction of sp³-hybridized carbons (Fsp3) is 0.800. The predicted octanol–water partition coefficient (Wildman–Crippen LogP) is 0.154. The molecular formula is C10H18N2O4. The van der Waals surface area contributed by atoms with Crippen molar-refractivity contribution in [2.45, 2.75) is 44.9 Å². The summed E-state index contributed by atoms with van der Waals surface area (Å²) in [5.74, 6) is -0.457. The van der Waals surface area contributed by atoms with Crippen LogP contribution in [-0.2, 0) is 14.3 Å². The van der Waals surface area contributed by atoms with Crippen LogP contribution in [0.4, 0.5) is 4.79 Å².